The second kappa shape index (κ2) is 4.54. The Kier molecular flexibility index (Phi) is 3.94. The lowest BCUT2D eigenvalue weighted by molar-refractivity contribution is 0.184. The first-order valence-electron chi connectivity index (χ1n) is 2.99. The fourth-order valence-electron chi connectivity index (χ4n) is 0.678. The van der Waals surface area contributed by atoms with Crippen LogP contribution in [-0.2, 0) is 0 Å². The molecule has 0 amide bonds. The van der Waals surface area contributed by atoms with Crippen LogP contribution < -0.4 is 4.74 Å². The highest BCUT2D eigenvalue weighted by Gasteiger charge is 2.09. The molecule has 0 aliphatic heterocycles. The van der Waals surface area contributed by atoms with Gasteiger partial charge >= 0.3 is 0 Å². The van der Waals surface area contributed by atoms with Crippen molar-refractivity contribution in [2.45, 2.75) is 0 Å². The SMILES string of the molecule is FCOc1ccc(I)c(I)c1F. The highest BCUT2D eigenvalue weighted by molar-refractivity contribution is 14.1. The topological polar surface area (TPSA) is 9.23 Å². The molecule has 0 spiro atoms. The highest BCUT2D eigenvalue weighted by Crippen LogP contribution is 2.26. The molecule has 0 aliphatic carbocycles. The number of ether oxygens (including phenoxy) is 1. The zero-order valence-electron chi connectivity index (χ0n) is 5.78. The molecule has 0 saturated carbocycles. The van der Waals surface area contributed by atoms with E-state index in [4.69, 9.17) is 0 Å². The van der Waals surface area contributed by atoms with E-state index in [9.17, 15) is 8.78 Å². The Labute approximate surface area is 95.8 Å². The molecular weight excluding hydrogens is 392 g/mol. The van der Waals surface area contributed by atoms with Gasteiger partial charge in [-0.15, -0.1) is 0 Å². The predicted molar refractivity (Wildman–Crippen MR) is 58.4 cm³/mol. The molecule has 0 aliphatic rings. The van der Waals surface area contributed by atoms with Gasteiger partial charge in [-0.1, -0.05) is 0 Å². The molecule has 0 saturated heterocycles. The first-order valence-corrected chi connectivity index (χ1v) is 5.15. The van der Waals surface area contributed by atoms with Crippen molar-refractivity contribution < 1.29 is 13.5 Å². The zero-order chi connectivity index (χ0) is 9.14. The summed E-state index contributed by atoms with van der Waals surface area (Å²) >= 11 is 3.85. The molecule has 0 bridgehead atoms. The van der Waals surface area contributed by atoms with Crippen molar-refractivity contribution in [3.05, 3.63) is 25.1 Å². The second-order valence-electron chi connectivity index (χ2n) is 1.93. The average molecular weight is 396 g/mol. The summed E-state index contributed by atoms with van der Waals surface area (Å²) in [5, 5.41) is 0. The van der Waals surface area contributed by atoms with E-state index in [1.807, 2.05) is 45.2 Å². The first-order chi connectivity index (χ1) is 5.66. The van der Waals surface area contributed by atoms with Crippen LogP contribution in [0.2, 0.25) is 0 Å². The van der Waals surface area contributed by atoms with E-state index < -0.39 is 12.7 Å². The maximum Gasteiger partial charge on any atom is 0.228 e. The number of benzene rings is 1. The third-order valence-electron chi connectivity index (χ3n) is 1.21. The second-order valence-corrected chi connectivity index (χ2v) is 4.17. The van der Waals surface area contributed by atoms with E-state index in [1.165, 1.54) is 6.07 Å². The molecule has 0 radical (unpaired) electrons. The summed E-state index contributed by atoms with van der Waals surface area (Å²) in [6, 6.07) is 3.09. The van der Waals surface area contributed by atoms with E-state index in [2.05, 4.69) is 4.74 Å². The number of hydrogen-bond donors (Lipinski definition) is 0. The summed E-state index contributed by atoms with van der Waals surface area (Å²) in [5.41, 5.74) is 0. The molecule has 0 aromatic heterocycles. The van der Waals surface area contributed by atoms with Crippen molar-refractivity contribution in [3.63, 3.8) is 0 Å². The Bertz CT molecular complexity index is 291. The van der Waals surface area contributed by atoms with Crippen LogP contribution in [-0.4, -0.2) is 6.86 Å². The van der Waals surface area contributed by atoms with Crippen molar-refractivity contribution in [1.82, 2.24) is 0 Å². The Balaban J connectivity index is 3.08. The number of halogens is 4. The molecule has 1 aromatic rings. The van der Waals surface area contributed by atoms with Crippen LogP contribution in [0.5, 0.6) is 5.75 Å². The summed E-state index contributed by atoms with van der Waals surface area (Å²) in [6.07, 6.45) is 0. The number of rotatable bonds is 2. The summed E-state index contributed by atoms with van der Waals surface area (Å²) in [6.45, 7) is -1.01. The smallest absolute Gasteiger partial charge is 0.228 e. The van der Waals surface area contributed by atoms with E-state index in [0.717, 1.165) is 3.57 Å². The minimum Gasteiger partial charge on any atom is -0.460 e. The summed E-state index contributed by atoms with van der Waals surface area (Å²) in [7, 11) is 0. The van der Waals surface area contributed by atoms with Gasteiger partial charge in [-0.3, -0.25) is 0 Å². The van der Waals surface area contributed by atoms with Gasteiger partial charge in [-0.25, -0.2) is 8.78 Å². The van der Waals surface area contributed by atoms with Crippen molar-refractivity contribution in [2.24, 2.45) is 0 Å². The van der Waals surface area contributed by atoms with E-state index >= 15 is 0 Å². The molecule has 0 N–H and O–H groups in total. The van der Waals surface area contributed by atoms with Gasteiger partial charge in [0.25, 0.3) is 0 Å². The van der Waals surface area contributed by atoms with Gasteiger partial charge in [0.1, 0.15) is 0 Å². The largest absolute Gasteiger partial charge is 0.460 e. The Hall–Kier alpha value is 0.340. The fourth-order valence-corrected chi connectivity index (χ4v) is 1.54. The molecule has 0 fully saturated rings. The third-order valence-corrected chi connectivity index (χ3v) is 4.20. The van der Waals surface area contributed by atoms with Gasteiger partial charge in [0.15, 0.2) is 11.6 Å². The standard InChI is InChI=1S/C7H4F2I2O/c8-3-12-5-2-1-4(10)7(11)6(5)9/h1-2H,3H2. The molecule has 1 nitrogen and oxygen atoms in total. The van der Waals surface area contributed by atoms with Crippen LogP contribution in [0.25, 0.3) is 0 Å². The third kappa shape index (κ3) is 2.18. The summed E-state index contributed by atoms with van der Waals surface area (Å²) in [4.78, 5) is 0. The molecule has 5 heteroatoms. The molecule has 1 aromatic carbocycles. The minimum atomic E-state index is -1.01. The van der Waals surface area contributed by atoms with Crippen LogP contribution in [0.15, 0.2) is 12.1 Å². The van der Waals surface area contributed by atoms with Gasteiger partial charge in [-0.2, -0.15) is 0 Å². The van der Waals surface area contributed by atoms with Crippen LogP contribution in [0.4, 0.5) is 8.78 Å². The highest BCUT2D eigenvalue weighted by atomic mass is 127. The lowest BCUT2D eigenvalue weighted by atomic mass is 10.3. The van der Waals surface area contributed by atoms with Crippen molar-refractivity contribution >= 4 is 45.2 Å². The number of alkyl halides is 1. The minimum absolute atomic E-state index is 0.0395. The normalized spacial score (nSPS) is 10.0. The quantitative estimate of drug-likeness (QED) is 0.551. The van der Waals surface area contributed by atoms with Crippen molar-refractivity contribution in [2.75, 3.05) is 6.86 Å². The van der Waals surface area contributed by atoms with Crippen LogP contribution in [0, 0.1) is 13.0 Å². The Morgan fingerprint density at radius 1 is 1.33 bits per heavy atom. The lowest BCUT2D eigenvalue weighted by Gasteiger charge is -2.04. The monoisotopic (exact) mass is 396 g/mol. The molecule has 0 unspecified atom stereocenters. The maximum absolute atomic E-state index is 13.1. The molecule has 1 rings (SSSR count). The molecule has 0 heterocycles. The van der Waals surface area contributed by atoms with Crippen LogP contribution in [0.3, 0.4) is 0 Å². The predicted octanol–water partition coefficient (Wildman–Crippen LogP) is 3.34. The lowest BCUT2D eigenvalue weighted by Crippen LogP contribution is -1.96. The van der Waals surface area contributed by atoms with Gasteiger partial charge < -0.3 is 4.74 Å². The van der Waals surface area contributed by atoms with Gasteiger partial charge in [-0.05, 0) is 57.3 Å². The fraction of sp³-hybridized carbons (Fsp3) is 0.143. The van der Waals surface area contributed by atoms with Gasteiger partial charge in [0, 0.05) is 3.57 Å². The molecule has 12 heavy (non-hydrogen) atoms. The Morgan fingerprint density at radius 3 is 2.58 bits per heavy atom. The average Bonchev–Trinajstić information content (AvgIpc) is 2.07. The van der Waals surface area contributed by atoms with Crippen LogP contribution >= 0.6 is 45.2 Å². The van der Waals surface area contributed by atoms with Crippen molar-refractivity contribution in [1.29, 1.82) is 0 Å². The van der Waals surface area contributed by atoms with E-state index in [-0.39, 0.29) is 5.75 Å². The Morgan fingerprint density at radius 2 is 2.00 bits per heavy atom. The molecule has 0 atom stereocenters. The van der Waals surface area contributed by atoms with Crippen molar-refractivity contribution in [3.8, 4) is 5.75 Å². The van der Waals surface area contributed by atoms with Gasteiger partial charge in [0.2, 0.25) is 6.86 Å². The maximum atomic E-state index is 13.1. The van der Waals surface area contributed by atoms with Crippen LogP contribution in [0.1, 0.15) is 0 Å². The number of hydrogen-bond acceptors (Lipinski definition) is 1. The first kappa shape index (κ1) is 10.4. The summed E-state index contributed by atoms with van der Waals surface area (Å²) in [5.74, 6) is -0.539. The van der Waals surface area contributed by atoms with E-state index in [0.29, 0.717) is 3.57 Å². The molecular formula is C7H4F2I2O. The molecule has 66 valence electrons. The zero-order valence-corrected chi connectivity index (χ0v) is 10.1. The van der Waals surface area contributed by atoms with Gasteiger partial charge in [0.05, 0.1) is 3.57 Å². The summed E-state index contributed by atoms with van der Waals surface area (Å²) < 4.78 is 30.5. The van der Waals surface area contributed by atoms with E-state index in [1.54, 1.807) is 6.07 Å².